The van der Waals surface area contributed by atoms with Gasteiger partial charge < -0.3 is 58.7 Å². The first-order valence-electron chi connectivity index (χ1n) is 12.8. The first kappa shape index (κ1) is 26.7. The predicted molar refractivity (Wildman–Crippen MR) is 132 cm³/mol. The van der Waals surface area contributed by atoms with Gasteiger partial charge in [-0.2, -0.15) is 0 Å². The van der Waals surface area contributed by atoms with Gasteiger partial charge in [0.15, 0.2) is 23.0 Å². The van der Waals surface area contributed by atoms with E-state index < -0.39 is 49.1 Å². The minimum atomic E-state index is -1.65. The van der Waals surface area contributed by atoms with E-state index in [2.05, 4.69) is 0 Å². The van der Waals surface area contributed by atoms with Gasteiger partial charge in [0.05, 0.1) is 33.4 Å². The highest BCUT2D eigenvalue weighted by atomic mass is 16.7. The van der Waals surface area contributed by atoms with Crippen LogP contribution < -0.4 is 23.7 Å². The Balaban J connectivity index is 1.50. The molecule has 3 heterocycles. The molecule has 3 aliphatic heterocycles. The summed E-state index contributed by atoms with van der Waals surface area (Å²) in [6, 6.07) is 5.02. The number of hydrogen-bond acceptors (Lipinski definition) is 13. The van der Waals surface area contributed by atoms with Crippen molar-refractivity contribution < 1.29 is 63.5 Å². The van der Waals surface area contributed by atoms with Crippen molar-refractivity contribution in [3.8, 4) is 34.5 Å². The molecule has 0 bridgehead atoms. The number of benzene rings is 2. The van der Waals surface area contributed by atoms with E-state index in [4.69, 9.17) is 33.2 Å². The van der Waals surface area contributed by atoms with Gasteiger partial charge in [0.2, 0.25) is 24.6 Å². The average Bonchev–Trinajstić information content (AvgIpc) is 3.58. The zero-order valence-corrected chi connectivity index (χ0v) is 21.7. The molecule has 0 spiro atoms. The number of carbonyl (C=O) groups is 1. The van der Waals surface area contributed by atoms with Gasteiger partial charge in [-0.1, -0.05) is 0 Å². The van der Waals surface area contributed by atoms with E-state index in [1.54, 1.807) is 18.2 Å². The lowest BCUT2D eigenvalue weighted by Crippen LogP contribution is -2.60. The molecule has 40 heavy (non-hydrogen) atoms. The number of phenolic OH excluding ortho intramolecular Hbond substituents is 1. The zero-order chi connectivity index (χ0) is 28.3. The summed E-state index contributed by atoms with van der Waals surface area (Å²) in [5.74, 6) is -0.932. The first-order valence-corrected chi connectivity index (χ1v) is 12.8. The molecule has 2 aromatic rings. The third kappa shape index (κ3) is 4.08. The summed E-state index contributed by atoms with van der Waals surface area (Å²) in [5.41, 5.74) is 1.90. The predicted octanol–water partition coefficient (Wildman–Crippen LogP) is -0.206. The summed E-state index contributed by atoms with van der Waals surface area (Å²) in [4.78, 5) is 13.0. The van der Waals surface area contributed by atoms with Crippen molar-refractivity contribution in [1.29, 1.82) is 0 Å². The maximum Gasteiger partial charge on any atom is 0.310 e. The molecule has 216 valence electrons. The van der Waals surface area contributed by atoms with Crippen LogP contribution in [0.4, 0.5) is 0 Å². The van der Waals surface area contributed by atoms with Crippen molar-refractivity contribution >= 4 is 5.97 Å². The minimum absolute atomic E-state index is 0.107. The molecule has 0 amide bonds. The molecule has 0 unspecified atom stereocenters. The molecule has 2 aromatic carbocycles. The lowest BCUT2D eigenvalue weighted by atomic mass is 9.67. The molecule has 0 saturated carbocycles. The van der Waals surface area contributed by atoms with Crippen LogP contribution in [-0.4, -0.2) is 96.4 Å². The molecule has 6 rings (SSSR count). The number of rotatable bonds is 6. The lowest BCUT2D eigenvalue weighted by molar-refractivity contribution is -0.277. The van der Waals surface area contributed by atoms with E-state index in [-0.39, 0.29) is 54.0 Å². The Kier molecular flexibility index (Phi) is 6.79. The van der Waals surface area contributed by atoms with Crippen LogP contribution in [0.5, 0.6) is 34.5 Å². The first-order chi connectivity index (χ1) is 19.3. The van der Waals surface area contributed by atoms with Crippen molar-refractivity contribution in [3.63, 3.8) is 0 Å². The Morgan fingerprint density at radius 2 is 1.70 bits per heavy atom. The van der Waals surface area contributed by atoms with E-state index in [1.165, 1.54) is 14.2 Å². The number of hydrogen-bond donors (Lipinski definition) is 5. The lowest BCUT2D eigenvalue weighted by Gasteiger charge is -2.40. The quantitative estimate of drug-likeness (QED) is 0.292. The van der Waals surface area contributed by atoms with E-state index in [9.17, 15) is 30.3 Å². The van der Waals surface area contributed by atoms with Crippen LogP contribution in [0.2, 0.25) is 0 Å². The van der Waals surface area contributed by atoms with Crippen LogP contribution >= 0.6 is 0 Å². The maximum absolute atomic E-state index is 13.0. The molecule has 0 radical (unpaired) electrons. The normalized spacial score (nSPS) is 32.2. The summed E-state index contributed by atoms with van der Waals surface area (Å²) in [6.07, 6.45) is -7.15. The Bertz CT molecular complexity index is 1280. The maximum atomic E-state index is 13.0. The molecular formula is C27H30O13. The molecule has 2 fully saturated rings. The number of ether oxygens (including phenoxy) is 7. The summed E-state index contributed by atoms with van der Waals surface area (Å²) in [7, 11) is 2.81. The highest BCUT2D eigenvalue weighted by Gasteiger charge is 2.51. The van der Waals surface area contributed by atoms with Gasteiger partial charge in [-0.15, -0.1) is 0 Å². The Labute approximate surface area is 228 Å². The average molecular weight is 563 g/mol. The summed E-state index contributed by atoms with van der Waals surface area (Å²) < 4.78 is 39.4. The van der Waals surface area contributed by atoms with Gasteiger partial charge in [-0.25, -0.2) is 0 Å². The van der Waals surface area contributed by atoms with Crippen LogP contribution in [0, 0.1) is 11.8 Å². The fourth-order valence-electron chi connectivity index (χ4n) is 6.07. The Morgan fingerprint density at radius 3 is 2.38 bits per heavy atom. The van der Waals surface area contributed by atoms with Crippen molar-refractivity contribution in [3.05, 3.63) is 34.9 Å². The molecule has 13 heteroatoms. The number of aromatic hydroxyl groups is 1. The van der Waals surface area contributed by atoms with Gasteiger partial charge in [-0.3, -0.25) is 4.79 Å². The largest absolute Gasteiger partial charge is 0.502 e. The summed E-state index contributed by atoms with van der Waals surface area (Å²) in [5, 5.41) is 51.3. The Hall–Kier alpha value is -3.49. The fourth-order valence-corrected chi connectivity index (χ4v) is 6.07. The monoisotopic (exact) mass is 562 g/mol. The highest BCUT2D eigenvalue weighted by Crippen LogP contribution is 2.56. The van der Waals surface area contributed by atoms with Gasteiger partial charge >= 0.3 is 5.97 Å². The van der Waals surface area contributed by atoms with E-state index >= 15 is 0 Å². The molecule has 13 nitrogen and oxygen atoms in total. The topological polar surface area (TPSA) is 183 Å². The van der Waals surface area contributed by atoms with Crippen molar-refractivity contribution in [1.82, 2.24) is 0 Å². The number of aliphatic hydroxyl groups excluding tert-OH is 4. The number of aliphatic hydroxyl groups is 4. The Morgan fingerprint density at radius 1 is 0.975 bits per heavy atom. The summed E-state index contributed by atoms with van der Waals surface area (Å²) in [6.45, 7) is -0.561. The standard InChI is InChI=1S/C27H30O13/c1-34-14-4-10(5-15(35-2)20(14)29)18-12-6-16-25(38-9-37-16)24(13(12)3-11-8-36-26(33)19(11)18)40-27-23(32)22(31)21(30)17(7-28)39-27/h4-6,11,17-19,21-23,27-32H,3,7-9H2,1-2H3/t11-,17+,18-,19-,21+,22-,23+,27-/m1/s1. The van der Waals surface area contributed by atoms with Crippen molar-refractivity contribution in [2.24, 2.45) is 11.8 Å². The second kappa shape index (κ2) is 10.2. The van der Waals surface area contributed by atoms with Gasteiger partial charge in [0.1, 0.15) is 24.4 Å². The molecule has 5 N–H and O–H groups in total. The smallest absolute Gasteiger partial charge is 0.310 e. The third-order valence-corrected chi connectivity index (χ3v) is 8.08. The number of esters is 1. The SMILES string of the molecule is COc1cc([C@@H]2c3cc4c(c(O[C@H]5O[C@@H](CO)[C@H](O)[C@@H](O)[C@@H]5O)c3C[C@@H]3COC(=O)[C@H]32)OCO4)cc(OC)c1O. The van der Waals surface area contributed by atoms with E-state index in [0.717, 1.165) is 0 Å². The fraction of sp³-hybridized carbons (Fsp3) is 0.519. The molecule has 0 aromatic heterocycles. The van der Waals surface area contributed by atoms with E-state index in [0.29, 0.717) is 28.9 Å². The van der Waals surface area contributed by atoms with Gasteiger partial charge in [-0.05, 0) is 35.7 Å². The second-order valence-electron chi connectivity index (χ2n) is 10.2. The van der Waals surface area contributed by atoms with Crippen LogP contribution in [0.25, 0.3) is 0 Å². The number of phenols is 1. The van der Waals surface area contributed by atoms with Crippen LogP contribution in [0.15, 0.2) is 18.2 Å². The molecular weight excluding hydrogens is 532 g/mol. The molecule has 1 aliphatic carbocycles. The minimum Gasteiger partial charge on any atom is -0.502 e. The van der Waals surface area contributed by atoms with Crippen molar-refractivity contribution in [2.75, 3.05) is 34.2 Å². The number of methoxy groups -OCH3 is 2. The molecule has 4 aliphatic rings. The van der Waals surface area contributed by atoms with Crippen LogP contribution in [-0.2, 0) is 20.7 Å². The van der Waals surface area contributed by atoms with Gasteiger partial charge in [0, 0.05) is 17.4 Å². The highest BCUT2D eigenvalue weighted by molar-refractivity contribution is 5.79. The number of cyclic esters (lactones) is 1. The number of fused-ring (bicyclic) bond motifs is 3. The third-order valence-electron chi connectivity index (χ3n) is 8.08. The molecule has 2 saturated heterocycles. The zero-order valence-electron chi connectivity index (χ0n) is 21.7. The van der Waals surface area contributed by atoms with Crippen LogP contribution in [0.1, 0.15) is 22.6 Å². The number of carbonyl (C=O) groups excluding carboxylic acids is 1. The molecule has 8 atom stereocenters. The second-order valence-corrected chi connectivity index (χ2v) is 10.2. The van der Waals surface area contributed by atoms with E-state index in [1.807, 2.05) is 0 Å². The summed E-state index contributed by atoms with van der Waals surface area (Å²) >= 11 is 0. The van der Waals surface area contributed by atoms with Crippen molar-refractivity contribution in [2.45, 2.75) is 43.0 Å². The van der Waals surface area contributed by atoms with Gasteiger partial charge in [0.25, 0.3) is 0 Å². The van der Waals surface area contributed by atoms with Crippen LogP contribution in [0.3, 0.4) is 0 Å².